The van der Waals surface area contributed by atoms with Crippen molar-refractivity contribution >= 4 is 9.84 Å². The van der Waals surface area contributed by atoms with Crippen LogP contribution in [-0.2, 0) is 16.3 Å². The van der Waals surface area contributed by atoms with Crippen LogP contribution >= 0.6 is 0 Å². The van der Waals surface area contributed by atoms with Gasteiger partial charge in [-0.1, -0.05) is 0 Å². The van der Waals surface area contributed by atoms with Crippen molar-refractivity contribution in [1.82, 2.24) is 15.5 Å². The van der Waals surface area contributed by atoms with Crippen LogP contribution in [0.3, 0.4) is 0 Å². The van der Waals surface area contributed by atoms with Crippen LogP contribution in [0.25, 0.3) is 0 Å². The molecule has 0 aromatic carbocycles. The largest absolute Gasteiger partial charge is 0.313 e. The zero-order valence-corrected chi connectivity index (χ0v) is 11.7. The maximum Gasteiger partial charge on any atom is 0.148 e. The Kier molecular flexibility index (Phi) is 4.70. The minimum absolute atomic E-state index is 0.0162. The zero-order chi connectivity index (χ0) is 13.1. The molecule has 0 fully saturated rings. The number of hydrogen-bond donors (Lipinski definition) is 2. The first-order valence-electron chi connectivity index (χ1n) is 5.71. The molecule has 2 N–H and O–H groups in total. The van der Waals surface area contributed by atoms with E-state index in [-0.39, 0.29) is 11.8 Å². The highest BCUT2D eigenvalue weighted by molar-refractivity contribution is 7.90. The Morgan fingerprint density at radius 1 is 1.41 bits per heavy atom. The van der Waals surface area contributed by atoms with Crippen LogP contribution in [0.4, 0.5) is 0 Å². The minimum atomic E-state index is -2.90. The molecule has 0 saturated heterocycles. The van der Waals surface area contributed by atoms with Crippen molar-refractivity contribution in [3.8, 4) is 0 Å². The van der Waals surface area contributed by atoms with Crippen LogP contribution in [0.1, 0.15) is 23.9 Å². The predicted octanol–water partition coefficient (Wildman–Crippen LogP) is 0.592. The molecule has 6 heteroatoms. The lowest BCUT2D eigenvalue weighted by molar-refractivity contribution is 0.561. The minimum Gasteiger partial charge on any atom is -0.313 e. The molecule has 0 saturated carbocycles. The molecule has 0 radical (unpaired) electrons. The highest BCUT2D eigenvalue weighted by Gasteiger charge is 2.10. The van der Waals surface area contributed by atoms with E-state index < -0.39 is 9.84 Å². The average Bonchev–Trinajstić information content (AvgIpc) is 2.46. The van der Waals surface area contributed by atoms with Crippen molar-refractivity contribution in [2.75, 3.05) is 18.6 Å². The maximum atomic E-state index is 11.1. The van der Waals surface area contributed by atoms with Crippen molar-refractivity contribution in [3.05, 3.63) is 17.0 Å². The maximum absolute atomic E-state index is 11.1. The van der Waals surface area contributed by atoms with Crippen molar-refractivity contribution in [2.45, 2.75) is 33.2 Å². The Hall–Kier alpha value is -0.880. The molecule has 5 nitrogen and oxygen atoms in total. The summed E-state index contributed by atoms with van der Waals surface area (Å²) in [5.41, 5.74) is 3.31. The molecule has 1 aromatic heterocycles. The standard InChI is InChI=1S/C11H21N3O2S/c1-8(7-17(4,15)16)12-6-5-11-9(2)13-14-10(11)3/h8,12H,5-7H2,1-4H3,(H,13,14). The summed E-state index contributed by atoms with van der Waals surface area (Å²) in [4.78, 5) is 0. The molecular formula is C11H21N3O2S. The van der Waals surface area contributed by atoms with E-state index in [1.807, 2.05) is 20.8 Å². The number of nitrogens with one attached hydrogen (secondary N) is 2. The van der Waals surface area contributed by atoms with Gasteiger partial charge < -0.3 is 5.32 Å². The number of aromatic nitrogens is 2. The molecule has 17 heavy (non-hydrogen) atoms. The number of rotatable bonds is 6. The summed E-state index contributed by atoms with van der Waals surface area (Å²) < 4.78 is 22.2. The third-order valence-corrected chi connectivity index (χ3v) is 3.81. The highest BCUT2D eigenvalue weighted by Crippen LogP contribution is 2.09. The van der Waals surface area contributed by atoms with E-state index in [9.17, 15) is 8.42 Å². The van der Waals surface area contributed by atoms with E-state index in [2.05, 4.69) is 15.5 Å². The quantitative estimate of drug-likeness (QED) is 0.784. The molecule has 1 heterocycles. The number of aromatic amines is 1. The summed E-state index contributed by atoms with van der Waals surface area (Å²) in [7, 11) is -2.90. The van der Waals surface area contributed by atoms with Gasteiger partial charge in [-0.25, -0.2) is 8.42 Å². The Balaban J connectivity index is 2.38. The van der Waals surface area contributed by atoms with Gasteiger partial charge in [0.2, 0.25) is 0 Å². The van der Waals surface area contributed by atoms with Gasteiger partial charge in [-0.3, -0.25) is 5.10 Å². The van der Waals surface area contributed by atoms with Crippen LogP contribution < -0.4 is 5.32 Å². The lowest BCUT2D eigenvalue weighted by Crippen LogP contribution is -2.34. The summed E-state index contributed by atoms with van der Waals surface area (Å²) in [6, 6.07) is -0.0162. The summed E-state index contributed by atoms with van der Waals surface area (Å²) in [5, 5.41) is 10.3. The van der Waals surface area contributed by atoms with Crippen LogP contribution in [0, 0.1) is 13.8 Å². The molecule has 0 aliphatic rings. The van der Waals surface area contributed by atoms with E-state index in [0.29, 0.717) is 0 Å². The fourth-order valence-electron chi connectivity index (χ4n) is 1.90. The summed E-state index contributed by atoms with van der Waals surface area (Å²) in [6.45, 7) is 6.61. The van der Waals surface area contributed by atoms with Crippen molar-refractivity contribution < 1.29 is 8.42 Å². The SMILES string of the molecule is Cc1n[nH]c(C)c1CCNC(C)CS(C)(=O)=O. The number of hydrogen-bond acceptors (Lipinski definition) is 4. The predicted molar refractivity (Wildman–Crippen MR) is 68.9 cm³/mol. The summed E-state index contributed by atoms with van der Waals surface area (Å²) in [6.07, 6.45) is 2.12. The highest BCUT2D eigenvalue weighted by atomic mass is 32.2. The molecule has 0 amide bonds. The van der Waals surface area contributed by atoms with Gasteiger partial charge in [-0.15, -0.1) is 0 Å². The van der Waals surface area contributed by atoms with Crippen molar-refractivity contribution in [1.29, 1.82) is 0 Å². The van der Waals surface area contributed by atoms with Crippen molar-refractivity contribution in [2.24, 2.45) is 0 Å². The fraction of sp³-hybridized carbons (Fsp3) is 0.727. The smallest absolute Gasteiger partial charge is 0.148 e. The molecule has 0 spiro atoms. The van der Waals surface area contributed by atoms with Crippen LogP contribution in [0.15, 0.2) is 0 Å². The molecule has 0 aliphatic heterocycles. The van der Waals surface area contributed by atoms with E-state index in [1.165, 1.54) is 11.8 Å². The van der Waals surface area contributed by atoms with Gasteiger partial charge in [-0.05, 0) is 39.3 Å². The second kappa shape index (κ2) is 5.64. The first kappa shape index (κ1) is 14.2. The van der Waals surface area contributed by atoms with Crippen LogP contribution in [0.2, 0.25) is 0 Å². The van der Waals surface area contributed by atoms with E-state index in [0.717, 1.165) is 24.4 Å². The second-order valence-corrected chi connectivity index (χ2v) is 6.79. The third kappa shape index (κ3) is 4.87. The van der Waals surface area contributed by atoms with Gasteiger partial charge in [0, 0.05) is 18.0 Å². The molecular weight excluding hydrogens is 238 g/mol. The first-order chi connectivity index (χ1) is 7.79. The van der Waals surface area contributed by atoms with Gasteiger partial charge in [0.05, 0.1) is 11.4 Å². The lowest BCUT2D eigenvalue weighted by Gasteiger charge is -2.12. The summed E-state index contributed by atoms with van der Waals surface area (Å²) in [5.74, 6) is 0.177. The molecule has 1 atom stereocenters. The van der Waals surface area contributed by atoms with Crippen LogP contribution in [-0.4, -0.2) is 43.2 Å². The Morgan fingerprint density at radius 2 is 2.06 bits per heavy atom. The lowest BCUT2D eigenvalue weighted by atomic mass is 10.1. The van der Waals surface area contributed by atoms with Gasteiger partial charge in [0.15, 0.2) is 0 Å². The van der Waals surface area contributed by atoms with E-state index in [4.69, 9.17) is 0 Å². The molecule has 98 valence electrons. The van der Waals surface area contributed by atoms with Crippen LogP contribution in [0.5, 0.6) is 0 Å². The number of aryl methyl sites for hydroxylation is 2. The number of H-pyrrole nitrogens is 1. The normalized spacial score (nSPS) is 13.9. The zero-order valence-electron chi connectivity index (χ0n) is 10.9. The number of nitrogens with zero attached hydrogens (tertiary/aromatic N) is 1. The molecule has 0 bridgehead atoms. The Morgan fingerprint density at radius 3 is 2.53 bits per heavy atom. The molecule has 1 unspecified atom stereocenters. The molecule has 1 aromatic rings. The summed E-state index contributed by atoms with van der Waals surface area (Å²) >= 11 is 0. The topological polar surface area (TPSA) is 74.8 Å². The van der Waals surface area contributed by atoms with Gasteiger partial charge >= 0.3 is 0 Å². The van der Waals surface area contributed by atoms with Crippen molar-refractivity contribution in [3.63, 3.8) is 0 Å². The Labute approximate surface area is 103 Å². The average molecular weight is 259 g/mol. The second-order valence-electron chi connectivity index (χ2n) is 4.61. The van der Waals surface area contributed by atoms with Gasteiger partial charge in [0.25, 0.3) is 0 Å². The molecule has 0 aliphatic carbocycles. The fourth-order valence-corrected chi connectivity index (χ4v) is 2.93. The van der Waals surface area contributed by atoms with Gasteiger partial charge in [0.1, 0.15) is 9.84 Å². The monoisotopic (exact) mass is 259 g/mol. The Bertz CT molecular complexity index is 446. The molecule has 1 rings (SSSR count). The van der Waals surface area contributed by atoms with E-state index >= 15 is 0 Å². The number of sulfone groups is 1. The first-order valence-corrected chi connectivity index (χ1v) is 7.77. The third-order valence-electron chi connectivity index (χ3n) is 2.70. The van der Waals surface area contributed by atoms with E-state index in [1.54, 1.807) is 0 Å². The van der Waals surface area contributed by atoms with Gasteiger partial charge in [-0.2, -0.15) is 5.10 Å².